The van der Waals surface area contributed by atoms with Gasteiger partial charge >= 0.3 is 0 Å². The minimum absolute atomic E-state index is 0.0446. The van der Waals surface area contributed by atoms with Gasteiger partial charge in [0.15, 0.2) is 0 Å². The summed E-state index contributed by atoms with van der Waals surface area (Å²) in [4.78, 5) is 31.2. The molecule has 0 N–H and O–H groups in total. The van der Waals surface area contributed by atoms with Crippen molar-refractivity contribution in [2.75, 3.05) is 13.1 Å². The van der Waals surface area contributed by atoms with Crippen LogP contribution < -0.4 is 0 Å². The SMILES string of the molecule is CC(C)CN(CC(=O)N(Cc1ccc(F)cc1)Cc1cccs1)C(=O)C1CCCCC1. The van der Waals surface area contributed by atoms with Gasteiger partial charge in [-0.15, -0.1) is 11.3 Å². The Kier molecular flexibility index (Phi) is 8.64. The molecule has 1 aromatic heterocycles. The van der Waals surface area contributed by atoms with Crippen molar-refractivity contribution in [3.8, 4) is 0 Å². The van der Waals surface area contributed by atoms with Gasteiger partial charge in [0.1, 0.15) is 5.82 Å². The number of thiophene rings is 1. The van der Waals surface area contributed by atoms with Crippen LogP contribution in [0.4, 0.5) is 4.39 Å². The van der Waals surface area contributed by atoms with Crippen molar-refractivity contribution < 1.29 is 14.0 Å². The molecule has 31 heavy (non-hydrogen) atoms. The van der Waals surface area contributed by atoms with Crippen molar-refractivity contribution >= 4 is 23.2 Å². The first-order chi connectivity index (χ1) is 14.9. The van der Waals surface area contributed by atoms with E-state index in [0.717, 1.165) is 36.1 Å². The fraction of sp³-hybridized carbons (Fsp3) is 0.520. The third-order valence-electron chi connectivity index (χ3n) is 5.74. The predicted molar refractivity (Wildman–Crippen MR) is 123 cm³/mol. The summed E-state index contributed by atoms with van der Waals surface area (Å²) in [6.07, 6.45) is 5.23. The maximum absolute atomic E-state index is 13.4. The second-order valence-electron chi connectivity index (χ2n) is 8.90. The molecule has 0 bridgehead atoms. The van der Waals surface area contributed by atoms with Gasteiger partial charge in [-0.2, -0.15) is 0 Å². The Morgan fingerprint density at radius 1 is 1.03 bits per heavy atom. The van der Waals surface area contributed by atoms with E-state index in [1.54, 1.807) is 33.3 Å². The van der Waals surface area contributed by atoms with E-state index in [-0.39, 0.29) is 30.1 Å². The van der Waals surface area contributed by atoms with Gasteiger partial charge in [0.2, 0.25) is 11.8 Å². The minimum Gasteiger partial charge on any atom is -0.333 e. The van der Waals surface area contributed by atoms with Gasteiger partial charge in [0.25, 0.3) is 0 Å². The molecule has 0 unspecified atom stereocenters. The maximum atomic E-state index is 13.4. The second-order valence-corrected chi connectivity index (χ2v) is 9.94. The quantitative estimate of drug-likeness (QED) is 0.514. The van der Waals surface area contributed by atoms with Gasteiger partial charge in [-0.05, 0) is 47.9 Å². The van der Waals surface area contributed by atoms with Crippen LogP contribution in [-0.2, 0) is 22.7 Å². The highest BCUT2D eigenvalue weighted by atomic mass is 32.1. The zero-order chi connectivity index (χ0) is 22.2. The lowest BCUT2D eigenvalue weighted by Crippen LogP contribution is -2.46. The molecule has 0 atom stereocenters. The first-order valence-corrected chi connectivity index (χ1v) is 12.1. The average Bonchev–Trinajstić information content (AvgIpc) is 3.27. The van der Waals surface area contributed by atoms with E-state index >= 15 is 0 Å². The van der Waals surface area contributed by atoms with Crippen LogP contribution in [0.15, 0.2) is 41.8 Å². The van der Waals surface area contributed by atoms with E-state index in [1.807, 2.05) is 17.5 Å². The summed E-state index contributed by atoms with van der Waals surface area (Å²) in [5.74, 6) is 0.106. The number of halogens is 1. The Labute approximate surface area is 189 Å². The van der Waals surface area contributed by atoms with Crippen molar-refractivity contribution in [2.45, 2.75) is 59.0 Å². The van der Waals surface area contributed by atoms with Crippen LogP contribution in [0.5, 0.6) is 0 Å². The highest BCUT2D eigenvalue weighted by molar-refractivity contribution is 7.09. The molecule has 1 heterocycles. The molecule has 0 radical (unpaired) electrons. The zero-order valence-electron chi connectivity index (χ0n) is 18.6. The summed E-state index contributed by atoms with van der Waals surface area (Å²) in [7, 11) is 0. The van der Waals surface area contributed by atoms with E-state index in [1.165, 1.54) is 18.6 Å². The number of rotatable bonds is 9. The highest BCUT2D eigenvalue weighted by Gasteiger charge is 2.29. The lowest BCUT2D eigenvalue weighted by Gasteiger charge is -2.32. The average molecular weight is 445 g/mol. The summed E-state index contributed by atoms with van der Waals surface area (Å²) in [6.45, 7) is 5.72. The van der Waals surface area contributed by atoms with Gasteiger partial charge in [0.05, 0.1) is 13.1 Å². The maximum Gasteiger partial charge on any atom is 0.242 e. The van der Waals surface area contributed by atoms with Crippen LogP contribution >= 0.6 is 11.3 Å². The standard InChI is InChI=1S/C25H33FN2O2S/c1-19(2)15-28(25(30)21-7-4-3-5-8-21)18-24(29)27(17-23-9-6-14-31-23)16-20-10-12-22(26)13-11-20/h6,9-14,19,21H,3-5,7-8,15-18H2,1-2H3. The molecular weight excluding hydrogens is 411 g/mol. The number of hydrogen-bond acceptors (Lipinski definition) is 3. The van der Waals surface area contributed by atoms with E-state index < -0.39 is 0 Å². The zero-order valence-corrected chi connectivity index (χ0v) is 19.4. The van der Waals surface area contributed by atoms with Crippen LogP contribution in [-0.4, -0.2) is 34.7 Å². The Balaban J connectivity index is 1.74. The molecule has 4 nitrogen and oxygen atoms in total. The number of amides is 2. The van der Waals surface area contributed by atoms with Crippen molar-refractivity contribution in [1.29, 1.82) is 0 Å². The van der Waals surface area contributed by atoms with E-state index in [0.29, 0.717) is 25.6 Å². The van der Waals surface area contributed by atoms with Gasteiger partial charge in [0, 0.05) is 23.9 Å². The van der Waals surface area contributed by atoms with Gasteiger partial charge in [-0.1, -0.05) is 51.3 Å². The molecule has 1 fully saturated rings. The monoisotopic (exact) mass is 444 g/mol. The van der Waals surface area contributed by atoms with E-state index in [9.17, 15) is 14.0 Å². The topological polar surface area (TPSA) is 40.6 Å². The molecule has 2 aromatic rings. The van der Waals surface area contributed by atoms with Crippen LogP contribution in [0, 0.1) is 17.7 Å². The van der Waals surface area contributed by atoms with E-state index in [4.69, 9.17) is 0 Å². The smallest absolute Gasteiger partial charge is 0.242 e. The Morgan fingerprint density at radius 2 is 1.74 bits per heavy atom. The van der Waals surface area contributed by atoms with E-state index in [2.05, 4.69) is 13.8 Å². The Morgan fingerprint density at radius 3 is 2.35 bits per heavy atom. The molecule has 0 spiro atoms. The van der Waals surface area contributed by atoms with Crippen LogP contribution in [0.1, 0.15) is 56.4 Å². The molecule has 168 valence electrons. The molecule has 2 amide bonds. The van der Waals surface area contributed by atoms with Gasteiger partial charge < -0.3 is 9.80 Å². The summed E-state index contributed by atoms with van der Waals surface area (Å²) in [5.41, 5.74) is 0.875. The third-order valence-corrected chi connectivity index (χ3v) is 6.61. The van der Waals surface area contributed by atoms with Crippen molar-refractivity contribution in [2.24, 2.45) is 11.8 Å². The number of hydrogen-bond donors (Lipinski definition) is 0. The third kappa shape index (κ3) is 7.17. The predicted octanol–water partition coefficient (Wildman–Crippen LogP) is 5.48. The van der Waals surface area contributed by atoms with Gasteiger partial charge in [-0.3, -0.25) is 9.59 Å². The van der Waals surface area contributed by atoms with Crippen LogP contribution in [0.25, 0.3) is 0 Å². The fourth-order valence-electron chi connectivity index (χ4n) is 4.18. The molecule has 1 aliphatic carbocycles. The lowest BCUT2D eigenvalue weighted by molar-refractivity contribution is -0.144. The molecule has 1 saturated carbocycles. The minimum atomic E-state index is -0.291. The Hall–Kier alpha value is -2.21. The molecule has 1 aromatic carbocycles. The normalized spacial score (nSPS) is 14.6. The van der Waals surface area contributed by atoms with Crippen molar-refractivity contribution in [3.63, 3.8) is 0 Å². The molecular formula is C25H33FN2O2S. The first-order valence-electron chi connectivity index (χ1n) is 11.3. The highest BCUT2D eigenvalue weighted by Crippen LogP contribution is 2.26. The first kappa shape index (κ1) is 23.5. The number of carbonyl (C=O) groups is 2. The summed E-state index contributed by atoms with van der Waals surface area (Å²) in [6, 6.07) is 10.2. The Bertz CT molecular complexity index is 830. The lowest BCUT2D eigenvalue weighted by atomic mass is 9.88. The second kappa shape index (κ2) is 11.4. The number of benzene rings is 1. The fourth-order valence-corrected chi connectivity index (χ4v) is 4.90. The van der Waals surface area contributed by atoms with Crippen LogP contribution in [0.2, 0.25) is 0 Å². The van der Waals surface area contributed by atoms with Gasteiger partial charge in [-0.25, -0.2) is 4.39 Å². The molecule has 6 heteroatoms. The molecule has 3 rings (SSSR count). The van der Waals surface area contributed by atoms with Crippen LogP contribution in [0.3, 0.4) is 0 Å². The summed E-state index contributed by atoms with van der Waals surface area (Å²) in [5, 5.41) is 1.99. The van der Waals surface area contributed by atoms with Crippen molar-refractivity contribution in [3.05, 3.63) is 58.0 Å². The number of carbonyl (C=O) groups excluding carboxylic acids is 2. The van der Waals surface area contributed by atoms with Crippen molar-refractivity contribution in [1.82, 2.24) is 9.80 Å². The largest absolute Gasteiger partial charge is 0.333 e. The molecule has 0 aliphatic heterocycles. The summed E-state index contributed by atoms with van der Waals surface area (Å²) < 4.78 is 13.3. The molecule has 1 aliphatic rings. The summed E-state index contributed by atoms with van der Waals surface area (Å²) >= 11 is 1.61. The number of nitrogens with zero attached hydrogens (tertiary/aromatic N) is 2. The molecule has 0 saturated heterocycles.